The second-order valence-electron chi connectivity index (χ2n) is 4.99. The van der Waals surface area contributed by atoms with Gasteiger partial charge >= 0.3 is 0 Å². The highest BCUT2D eigenvalue weighted by molar-refractivity contribution is 7.80. The fourth-order valence-electron chi connectivity index (χ4n) is 1.95. The average molecular weight is 257 g/mol. The predicted octanol–water partition coefficient (Wildman–Crippen LogP) is 5.19. The molecule has 17 heavy (non-hydrogen) atoms. The number of nitrogens with zero attached hydrogens (tertiary/aromatic N) is 1. The fraction of sp³-hybridized carbons (Fsp3) is 0.933. The Morgan fingerprint density at radius 3 is 1.76 bits per heavy atom. The van der Waals surface area contributed by atoms with E-state index in [1.165, 1.54) is 57.8 Å². The van der Waals surface area contributed by atoms with E-state index < -0.39 is 0 Å². The average Bonchev–Trinajstić information content (AvgIpc) is 2.35. The molecule has 0 fully saturated rings. The predicted molar refractivity (Wildman–Crippen MR) is 82.7 cm³/mol. The zero-order chi connectivity index (χ0) is 12.9. The third kappa shape index (κ3) is 10.7. The van der Waals surface area contributed by atoms with Crippen LogP contribution in [0.5, 0.6) is 0 Å². The quantitative estimate of drug-likeness (QED) is 0.370. The van der Waals surface area contributed by atoms with E-state index >= 15 is 0 Å². The Bertz CT molecular complexity index is 180. The Morgan fingerprint density at radius 1 is 0.824 bits per heavy atom. The minimum Gasteiger partial charge on any atom is -0.370 e. The maximum absolute atomic E-state index is 5.35. The van der Waals surface area contributed by atoms with Crippen LogP contribution >= 0.6 is 12.2 Å². The second kappa shape index (κ2) is 12.3. The van der Waals surface area contributed by atoms with Gasteiger partial charge in [0.05, 0.1) is 4.99 Å². The molecule has 0 aliphatic heterocycles. The molecule has 0 amide bonds. The van der Waals surface area contributed by atoms with Crippen LogP contribution in [-0.4, -0.2) is 23.5 Å². The summed E-state index contributed by atoms with van der Waals surface area (Å²) in [5.74, 6) is 0. The van der Waals surface area contributed by atoms with Crippen LogP contribution in [0.15, 0.2) is 0 Å². The van der Waals surface area contributed by atoms with E-state index in [-0.39, 0.29) is 0 Å². The Hall–Kier alpha value is -0.110. The third-order valence-corrected chi connectivity index (χ3v) is 3.91. The summed E-state index contributed by atoms with van der Waals surface area (Å²) in [5.41, 5.74) is 0. The van der Waals surface area contributed by atoms with Crippen molar-refractivity contribution in [2.45, 2.75) is 78.1 Å². The standard InChI is InChI=1S/C15H31NS/c1-4-6-7-8-9-10-11-12-13-14-15(17)16(3)5-2/h4-14H2,1-3H3. The number of thiocarbonyl (C=S) groups is 1. The Balaban J connectivity index is 3.16. The summed E-state index contributed by atoms with van der Waals surface area (Å²) >= 11 is 5.35. The molecule has 1 nitrogen and oxygen atoms in total. The zero-order valence-electron chi connectivity index (χ0n) is 12.1. The van der Waals surface area contributed by atoms with Gasteiger partial charge in [0.25, 0.3) is 0 Å². The smallest absolute Gasteiger partial charge is 0.0776 e. The van der Waals surface area contributed by atoms with E-state index in [4.69, 9.17) is 12.2 Å². The molecule has 0 atom stereocenters. The van der Waals surface area contributed by atoms with Gasteiger partial charge in [-0.25, -0.2) is 0 Å². The fourth-order valence-corrected chi connectivity index (χ4v) is 2.23. The topological polar surface area (TPSA) is 3.24 Å². The summed E-state index contributed by atoms with van der Waals surface area (Å²) < 4.78 is 0. The van der Waals surface area contributed by atoms with Crippen molar-refractivity contribution in [3.63, 3.8) is 0 Å². The van der Waals surface area contributed by atoms with Gasteiger partial charge in [0, 0.05) is 13.6 Å². The molecule has 0 spiro atoms. The second-order valence-corrected chi connectivity index (χ2v) is 5.46. The summed E-state index contributed by atoms with van der Waals surface area (Å²) in [4.78, 5) is 3.32. The lowest BCUT2D eigenvalue weighted by Crippen LogP contribution is -2.24. The number of hydrogen-bond acceptors (Lipinski definition) is 1. The zero-order valence-corrected chi connectivity index (χ0v) is 13.0. The van der Waals surface area contributed by atoms with Crippen LogP contribution in [0.1, 0.15) is 78.1 Å². The normalized spacial score (nSPS) is 10.5. The van der Waals surface area contributed by atoms with Crippen LogP contribution in [-0.2, 0) is 0 Å². The highest BCUT2D eigenvalue weighted by Gasteiger charge is 2.00. The van der Waals surface area contributed by atoms with Gasteiger partial charge < -0.3 is 4.90 Å². The molecule has 0 aliphatic carbocycles. The summed E-state index contributed by atoms with van der Waals surface area (Å²) in [6, 6.07) is 0. The molecule has 0 bridgehead atoms. The largest absolute Gasteiger partial charge is 0.370 e. The highest BCUT2D eigenvalue weighted by Crippen LogP contribution is 2.11. The summed E-state index contributed by atoms with van der Waals surface area (Å²) in [5, 5.41) is 0. The van der Waals surface area contributed by atoms with E-state index in [0.29, 0.717) is 0 Å². The van der Waals surface area contributed by atoms with Crippen LogP contribution in [0, 0.1) is 0 Å². The van der Waals surface area contributed by atoms with Gasteiger partial charge in [0.2, 0.25) is 0 Å². The van der Waals surface area contributed by atoms with E-state index in [9.17, 15) is 0 Å². The summed E-state index contributed by atoms with van der Waals surface area (Å²) in [6.07, 6.45) is 13.6. The maximum Gasteiger partial charge on any atom is 0.0776 e. The lowest BCUT2D eigenvalue weighted by molar-refractivity contribution is 0.521. The number of rotatable bonds is 11. The molecule has 0 heterocycles. The molecule has 2 heteroatoms. The first-order valence-corrected chi connectivity index (χ1v) is 7.87. The molecule has 0 aromatic rings. The van der Waals surface area contributed by atoms with Gasteiger partial charge in [-0.05, 0) is 19.8 Å². The molecule has 0 N–H and O–H groups in total. The van der Waals surface area contributed by atoms with Gasteiger partial charge in [0.1, 0.15) is 0 Å². The van der Waals surface area contributed by atoms with E-state index in [0.717, 1.165) is 18.0 Å². The van der Waals surface area contributed by atoms with Crippen molar-refractivity contribution in [2.75, 3.05) is 13.6 Å². The number of unbranched alkanes of at least 4 members (excludes halogenated alkanes) is 8. The van der Waals surface area contributed by atoms with Crippen LogP contribution in [0.25, 0.3) is 0 Å². The summed E-state index contributed by atoms with van der Waals surface area (Å²) in [6.45, 7) is 5.47. The summed E-state index contributed by atoms with van der Waals surface area (Å²) in [7, 11) is 2.09. The van der Waals surface area contributed by atoms with Gasteiger partial charge in [-0.15, -0.1) is 0 Å². The van der Waals surface area contributed by atoms with Crippen molar-refractivity contribution in [3.05, 3.63) is 0 Å². The SMILES string of the molecule is CCCCCCCCCCCC(=S)N(C)CC. The van der Waals surface area contributed by atoms with Gasteiger partial charge in [-0.3, -0.25) is 0 Å². The maximum atomic E-state index is 5.35. The Morgan fingerprint density at radius 2 is 1.29 bits per heavy atom. The van der Waals surface area contributed by atoms with E-state index in [1.54, 1.807) is 0 Å². The van der Waals surface area contributed by atoms with Crippen LogP contribution in [0.2, 0.25) is 0 Å². The molecule has 0 saturated heterocycles. The first-order valence-electron chi connectivity index (χ1n) is 7.46. The van der Waals surface area contributed by atoms with Crippen molar-refractivity contribution in [2.24, 2.45) is 0 Å². The minimum atomic E-state index is 1.04. The Kier molecular flexibility index (Phi) is 12.3. The van der Waals surface area contributed by atoms with E-state index in [2.05, 4.69) is 25.8 Å². The van der Waals surface area contributed by atoms with Crippen LogP contribution < -0.4 is 0 Å². The van der Waals surface area contributed by atoms with Gasteiger partial charge in [-0.1, -0.05) is 70.5 Å². The molecule has 0 aromatic heterocycles. The van der Waals surface area contributed by atoms with Crippen molar-refractivity contribution in [3.8, 4) is 0 Å². The molecular weight excluding hydrogens is 226 g/mol. The first kappa shape index (κ1) is 16.9. The van der Waals surface area contributed by atoms with Crippen LogP contribution in [0.4, 0.5) is 0 Å². The third-order valence-electron chi connectivity index (χ3n) is 3.39. The molecule has 0 aromatic carbocycles. The lowest BCUT2D eigenvalue weighted by atomic mass is 10.1. The van der Waals surface area contributed by atoms with Gasteiger partial charge in [0.15, 0.2) is 0 Å². The molecule has 0 saturated carbocycles. The molecular formula is C15H31NS. The molecule has 0 rings (SSSR count). The first-order chi connectivity index (χ1) is 8.22. The molecule has 102 valence electrons. The molecule has 0 unspecified atom stereocenters. The minimum absolute atomic E-state index is 1.04. The van der Waals surface area contributed by atoms with Crippen molar-refractivity contribution < 1.29 is 0 Å². The van der Waals surface area contributed by atoms with Crippen molar-refractivity contribution in [1.29, 1.82) is 0 Å². The van der Waals surface area contributed by atoms with Crippen molar-refractivity contribution >= 4 is 17.2 Å². The Labute approximate surface area is 114 Å². The van der Waals surface area contributed by atoms with Crippen LogP contribution in [0.3, 0.4) is 0 Å². The van der Waals surface area contributed by atoms with Gasteiger partial charge in [-0.2, -0.15) is 0 Å². The number of hydrogen-bond donors (Lipinski definition) is 0. The van der Waals surface area contributed by atoms with Crippen molar-refractivity contribution in [1.82, 2.24) is 4.90 Å². The molecule has 0 aliphatic rings. The molecule has 0 radical (unpaired) electrons. The van der Waals surface area contributed by atoms with E-state index in [1.807, 2.05) is 0 Å². The monoisotopic (exact) mass is 257 g/mol. The lowest BCUT2D eigenvalue weighted by Gasteiger charge is -2.17. The highest BCUT2D eigenvalue weighted by atomic mass is 32.1.